The lowest BCUT2D eigenvalue weighted by molar-refractivity contribution is -0.120. The average molecular weight is 317 g/mol. The zero-order valence-electron chi connectivity index (χ0n) is 13.6. The molecular weight excluding hydrogens is 298 g/mol. The molecule has 0 bridgehead atoms. The average Bonchev–Trinajstić information content (AvgIpc) is 3.18. The molecule has 0 N–H and O–H groups in total. The molecule has 1 saturated heterocycles. The molecular formula is C20H19N3O. The van der Waals surface area contributed by atoms with E-state index in [0.717, 1.165) is 24.0 Å². The first kappa shape index (κ1) is 14.9. The molecule has 2 aromatic rings. The van der Waals surface area contributed by atoms with Crippen molar-refractivity contribution in [3.63, 3.8) is 0 Å². The molecule has 3 atom stereocenters. The van der Waals surface area contributed by atoms with Gasteiger partial charge in [0.25, 0.3) is 0 Å². The van der Waals surface area contributed by atoms with Crippen molar-refractivity contribution < 1.29 is 4.79 Å². The first-order chi connectivity index (χ1) is 11.7. The number of carbonyl (C=O) groups excluding carboxylic acids is 1. The molecule has 2 aliphatic rings. The number of hydrogen-bond acceptors (Lipinski definition) is 3. The van der Waals surface area contributed by atoms with Gasteiger partial charge in [0.15, 0.2) is 0 Å². The molecule has 24 heavy (non-hydrogen) atoms. The SMILES string of the molecule is CC1C(=O)N(c2ncc(C#Cc3ccccc3)cn2)C2CCCC12. The molecule has 4 rings (SSSR count). The van der Waals surface area contributed by atoms with Crippen molar-refractivity contribution in [3.05, 3.63) is 53.9 Å². The summed E-state index contributed by atoms with van der Waals surface area (Å²) in [6.45, 7) is 2.03. The summed E-state index contributed by atoms with van der Waals surface area (Å²) in [5, 5.41) is 0. The molecule has 4 heteroatoms. The Labute approximate surface area is 141 Å². The Bertz CT molecular complexity index is 804. The summed E-state index contributed by atoms with van der Waals surface area (Å²) in [4.78, 5) is 23.2. The van der Waals surface area contributed by atoms with Gasteiger partial charge in [-0.3, -0.25) is 9.69 Å². The van der Waals surface area contributed by atoms with E-state index in [9.17, 15) is 4.79 Å². The third-order valence-corrected chi connectivity index (χ3v) is 5.11. The highest BCUT2D eigenvalue weighted by molar-refractivity contribution is 5.96. The number of carbonyl (C=O) groups is 1. The predicted molar refractivity (Wildman–Crippen MR) is 92.2 cm³/mol. The van der Waals surface area contributed by atoms with Crippen molar-refractivity contribution in [2.45, 2.75) is 32.2 Å². The van der Waals surface area contributed by atoms with Crippen LogP contribution in [0.5, 0.6) is 0 Å². The Kier molecular flexibility index (Phi) is 3.78. The molecule has 1 aromatic carbocycles. The number of fused-ring (bicyclic) bond motifs is 1. The lowest BCUT2D eigenvalue weighted by Gasteiger charge is -2.21. The number of hydrogen-bond donors (Lipinski definition) is 0. The Morgan fingerprint density at radius 2 is 1.75 bits per heavy atom. The van der Waals surface area contributed by atoms with Gasteiger partial charge in [0.1, 0.15) is 0 Å². The first-order valence-electron chi connectivity index (χ1n) is 8.46. The van der Waals surface area contributed by atoms with Gasteiger partial charge in [-0.25, -0.2) is 9.97 Å². The maximum atomic E-state index is 12.5. The van der Waals surface area contributed by atoms with Crippen molar-refractivity contribution in [1.29, 1.82) is 0 Å². The van der Waals surface area contributed by atoms with E-state index in [0.29, 0.717) is 11.9 Å². The topological polar surface area (TPSA) is 46.1 Å². The highest BCUT2D eigenvalue weighted by Gasteiger charge is 2.49. The van der Waals surface area contributed by atoms with Gasteiger partial charge in [0.2, 0.25) is 11.9 Å². The number of rotatable bonds is 1. The highest BCUT2D eigenvalue weighted by atomic mass is 16.2. The minimum atomic E-state index is 0.0821. The fraction of sp³-hybridized carbons (Fsp3) is 0.350. The molecule has 4 nitrogen and oxygen atoms in total. The van der Waals surface area contributed by atoms with Gasteiger partial charge in [-0.1, -0.05) is 43.4 Å². The highest BCUT2D eigenvalue weighted by Crippen LogP contribution is 2.43. The van der Waals surface area contributed by atoms with Gasteiger partial charge in [0.05, 0.1) is 5.56 Å². The van der Waals surface area contributed by atoms with Crippen LogP contribution in [0.4, 0.5) is 5.95 Å². The van der Waals surface area contributed by atoms with Crippen LogP contribution in [0.1, 0.15) is 37.3 Å². The largest absolute Gasteiger partial charge is 0.277 e. The maximum Gasteiger partial charge on any atom is 0.232 e. The quantitative estimate of drug-likeness (QED) is 0.760. The summed E-state index contributed by atoms with van der Waals surface area (Å²) in [6.07, 6.45) is 6.79. The van der Waals surface area contributed by atoms with Crippen LogP contribution in [-0.2, 0) is 4.79 Å². The van der Waals surface area contributed by atoms with Crippen LogP contribution < -0.4 is 4.90 Å². The van der Waals surface area contributed by atoms with Crippen molar-refractivity contribution in [2.75, 3.05) is 4.90 Å². The normalized spacial score (nSPS) is 25.3. The standard InChI is InChI=1S/C20H19N3O/c1-14-17-8-5-9-18(17)23(19(14)24)20-21-12-16(13-22-20)11-10-15-6-3-2-4-7-15/h2-4,6-7,12-14,17-18H,5,8-9H2,1H3. The monoisotopic (exact) mass is 317 g/mol. The van der Waals surface area contributed by atoms with Crippen molar-refractivity contribution >= 4 is 11.9 Å². The smallest absolute Gasteiger partial charge is 0.232 e. The molecule has 3 unspecified atom stereocenters. The van der Waals surface area contributed by atoms with Gasteiger partial charge in [-0.15, -0.1) is 0 Å². The Morgan fingerprint density at radius 3 is 2.50 bits per heavy atom. The lowest BCUT2D eigenvalue weighted by atomic mass is 9.94. The number of amides is 1. The Balaban J connectivity index is 1.56. The summed E-state index contributed by atoms with van der Waals surface area (Å²) in [5.74, 6) is 7.38. The van der Waals surface area contributed by atoms with E-state index < -0.39 is 0 Å². The van der Waals surface area contributed by atoms with Gasteiger partial charge in [-0.2, -0.15) is 0 Å². The minimum absolute atomic E-state index is 0.0821. The van der Waals surface area contributed by atoms with Crippen LogP contribution in [0.25, 0.3) is 0 Å². The Hall–Kier alpha value is -2.67. The fourth-order valence-electron chi connectivity index (χ4n) is 3.86. The van der Waals surface area contributed by atoms with E-state index in [4.69, 9.17) is 0 Å². The molecule has 0 radical (unpaired) electrons. The third-order valence-electron chi connectivity index (χ3n) is 5.11. The second kappa shape index (κ2) is 6.09. The van der Waals surface area contributed by atoms with Gasteiger partial charge < -0.3 is 0 Å². The summed E-state index contributed by atoms with van der Waals surface area (Å²) in [6, 6.07) is 10.1. The van der Waals surface area contributed by atoms with Crippen LogP contribution >= 0.6 is 0 Å². The van der Waals surface area contributed by atoms with E-state index in [1.54, 1.807) is 12.4 Å². The molecule has 1 aliphatic carbocycles. The van der Waals surface area contributed by atoms with E-state index >= 15 is 0 Å². The van der Waals surface area contributed by atoms with Crippen molar-refractivity contribution in [2.24, 2.45) is 11.8 Å². The fourth-order valence-corrected chi connectivity index (χ4v) is 3.86. The third kappa shape index (κ3) is 2.56. The number of nitrogens with zero attached hydrogens (tertiary/aromatic N) is 3. The van der Waals surface area contributed by atoms with Crippen LogP contribution in [0.2, 0.25) is 0 Å². The zero-order chi connectivity index (χ0) is 16.5. The summed E-state index contributed by atoms with van der Waals surface area (Å²) < 4.78 is 0. The lowest BCUT2D eigenvalue weighted by Crippen LogP contribution is -2.35. The van der Waals surface area contributed by atoms with Crippen LogP contribution in [-0.4, -0.2) is 21.9 Å². The molecule has 2 fully saturated rings. The molecule has 2 heterocycles. The van der Waals surface area contributed by atoms with Crippen LogP contribution in [0.15, 0.2) is 42.7 Å². The van der Waals surface area contributed by atoms with Crippen molar-refractivity contribution in [1.82, 2.24) is 9.97 Å². The molecule has 0 spiro atoms. The van der Waals surface area contributed by atoms with E-state index in [2.05, 4.69) is 21.8 Å². The number of anilines is 1. The van der Waals surface area contributed by atoms with E-state index in [1.165, 1.54) is 6.42 Å². The minimum Gasteiger partial charge on any atom is -0.277 e. The molecule has 120 valence electrons. The number of aromatic nitrogens is 2. The summed E-state index contributed by atoms with van der Waals surface area (Å²) >= 11 is 0. The van der Waals surface area contributed by atoms with Gasteiger partial charge in [-0.05, 0) is 30.9 Å². The first-order valence-corrected chi connectivity index (χ1v) is 8.46. The number of benzene rings is 1. The summed E-state index contributed by atoms with van der Waals surface area (Å²) in [7, 11) is 0. The molecule has 1 saturated carbocycles. The molecule has 1 aromatic heterocycles. The maximum absolute atomic E-state index is 12.5. The second-order valence-electron chi connectivity index (χ2n) is 6.55. The zero-order valence-corrected chi connectivity index (χ0v) is 13.6. The van der Waals surface area contributed by atoms with Gasteiger partial charge in [0, 0.05) is 29.9 Å². The van der Waals surface area contributed by atoms with Crippen LogP contribution in [0.3, 0.4) is 0 Å². The van der Waals surface area contributed by atoms with E-state index in [-0.39, 0.29) is 17.9 Å². The Morgan fingerprint density at radius 1 is 1.04 bits per heavy atom. The second-order valence-corrected chi connectivity index (χ2v) is 6.55. The van der Waals surface area contributed by atoms with E-state index in [1.807, 2.05) is 42.2 Å². The molecule has 1 amide bonds. The van der Waals surface area contributed by atoms with Crippen molar-refractivity contribution in [3.8, 4) is 11.8 Å². The predicted octanol–water partition coefficient (Wildman–Crippen LogP) is 3.03. The summed E-state index contributed by atoms with van der Waals surface area (Å²) in [5.41, 5.74) is 1.71. The van der Waals surface area contributed by atoms with Gasteiger partial charge >= 0.3 is 0 Å². The van der Waals surface area contributed by atoms with Crippen LogP contribution in [0, 0.1) is 23.7 Å². The molecule has 1 aliphatic heterocycles.